The van der Waals surface area contributed by atoms with Gasteiger partial charge in [-0.25, -0.2) is 13.1 Å². The van der Waals surface area contributed by atoms with Gasteiger partial charge in [0.2, 0.25) is 15.9 Å². The Balaban J connectivity index is 1.47. The van der Waals surface area contributed by atoms with E-state index in [1.807, 2.05) is 75.4 Å². The van der Waals surface area contributed by atoms with Gasteiger partial charge >= 0.3 is 0 Å². The molecule has 36 heavy (non-hydrogen) atoms. The second-order valence-corrected chi connectivity index (χ2v) is 12.3. The van der Waals surface area contributed by atoms with E-state index in [2.05, 4.69) is 20.5 Å². The SMILES string of the molecule is CC(C)(C)C(NC(=O)c1nn(Cc2ccccc2)c2ccccc12)C(=O)NCCNS(=O)(=O)C1CC1. The van der Waals surface area contributed by atoms with Crippen LogP contribution in [0.5, 0.6) is 0 Å². The summed E-state index contributed by atoms with van der Waals surface area (Å²) in [5.74, 6) is -0.822. The van der Waals surface area contributed by atoms with Crippen molar-refractivity contribution in [1.29, 1.82) is 0 Å². The summed E-state index contributed by atoms with van der Waals surface area (Å²) < 4.78 is 28.2. The standard InChI is InChI=1S/C26H33N5O4S/c1-26(2,3)23(25(33)27-15-16-28-36(34,35)19-13-14-19)29-24(32)22-20-11-7-8-12-21(20)31(30-22)17-18-9-5-4-6-10-18/h4-12,19,23,28H,13-17H2,1-3H3,(H,27,33)(H,29,32). The van der Waals surface area contributed by atoms with Crippen molar-refractivity contribution < 1.29 is 18.0 Å². The zero-order chi connectivity index (χ0) is 25.9. The number of nitrogens with one attached hydrogen (secondary N) is 3. The number of amides is 2. The van der Waals surface area contributed by atoms with Gasteiger partial charge in [0.05, 0.1) is 17.3 Å². The Bertz CT molecular complexity index is 1340. The van der Waals surface area contributed by atoms with Crippen molar-refractivity contribution in [3.8, 4) is 0 Å². The van der Waals surface area contributed by atoms with Crippen LogP contribution in [0.3, 0.4) is 0 Å². The lowest BCUT2D eigenvalue weighted by atomic mass is 9.86. The molecule has 10 heteroatoms. The van der Waals surface area contributed by atoms with Gasteiger partial charge in [0.1, 0.15) is 6.04 Å². The minimum Gasteiger partial charge on any atom is -0.353 e. The smallest absolute Gasteiger partial charge is 0.273 e. The molecule has 1 fully saturated rings. The van der Waals surface area contributed by atoms with Crippen LogP contribution in [0.1, 0.15) is 49.7 Å². The van der Waals surface area contributed by atoms with Crippen molar-refractivity contribution in [2.75, 3.05) is 13.1 Å². The predicted molar refractivity (Wildman–Crippen MR) is 139 cm³/mol. The highest BCUT2D eigenvalue weighted by Gasteiger charge is 2.36. The zero-order valence-electron chi connectivity index (χ0n) is 20.8. The van der Waals surface area contributed by atoms with Crippen molar-refractivity contribution in [3.05, 3.63) is 65.9 Å². The van der Waals surface area contributed by atoms with Crippen LogP contribution in [0.25, 0.3) is 10.9 Å². The largest absolute Gasteiger partial charge is 0.353 e. The normalized spacial score (nSPS) is 15.0. The Morgan fingerprint density at radius 2 is 1.69 bits per heavy atom. The highest BCUT2D eigenvalue weighted by atomic mass is 32.2. The van der Waals surface area contributed by atoms with E-state index in [1.54, 1.807) is 4.68 Å². The minimum absolute atomic E-state index is 0.101. The van der Waals surface area contributed by atoms with Crippen LogP contribution >= 0.6 is 0 Å². The Morgan fingerprint density at radius 1 is 1.03 bits per heavy atom. The number of carbonyl (C=O) groups is 2. The molecule has 3 aromatic rings. The molecule has 3 N–H and O–H groups in total. The first kappa shape index (κ1) is 25.8. The molecule has 192 valence electrons. The average Bonchev–Trinajstić information content (AvgIpc) is 3.64. The molecule has 2 aromatic carbocycles. The lowest BCUT2D eigenvalue weighted by Gasteiger charge is -2.30. The summed E-state index contributed by atoms with van der Waals surface area (Å²) in [5, 5.41) is 10.6. The van der Waals surface area contributed by atoms with E-state index in [0.717, 1.165) is 11.1 Å². The number of hydrogen-bond acceptors (Lipinski definition) is 5. The molecule has 0 radical (unpaired) electrons. The third kappa shape index (κ3) is 6.11. The molecule has 1 aliphatic carbocycles. The fraction of sp³-hybridized carbons (Fsp3) is 0.423. The first-order valence-corrected chi connectivity index (χ1v) is 13.7. The fourth-order valence-corrected chi connectivity index (χ4v) is 5.40. The summed E-state index contributed by atoms with van der Waals surface area (Å²) in [6, 6.07) is 16.5. The van der Waals surface area contributed by atoms with Gasteiger partial charge in [-0.3, -0.25) is 14.3 Å². The molecule has 1 atom stereocenters. The summed E-state index contributed by atoms with van der Waals surface area (Å²) in [5.41, 5.74) is 1.55. The second-order valence-electron chi connectivity index (χ2n) is 10.2. The van der Waals surface area contributed by atoms with Crippen LogP contribution in [0.2, 0.25) is 0 Å². The van der Waals surface area contributed by atoms with Gasteiger partial charge in [0.15, 0.2) is 5.69 Å². The number of rotatable bonds is 10. The van der Waals surface area contributed by atoms with Gasteiger partial charge in [0.25, 0.3) is 5.91 Å². The van der Waals surface area contributed by atoms with Crippen molar-refractivity contribution in [2.45, 2.75) is 51.4 Å². The minimum atomic E-state index is -3.31. The number of para-hydroxylation sites is 1. The molecule has 0 aliphatic heterocycles. The molecule has 1 heterocycles. The summed E-state index contributed by atoms with van der Waals surface area (Å²) in [6.07, 6.45) is 1.35. The van der Waals surface area contributed by atoms with Gasteiger partial charge in [-0.15, -0.1) is 0 Å². The van der Waals surface area contributed by atoms with Crippen LogP contribution in [-0.4, -0.2) is 54.4 Å². The maximum Gasteiger partial charge on any atom is 0.273 e. The molecular weight excluding hydrogens is 478 g/mol. The maximum atomic E-state index is 13.4. The Hall–Kier alpha value is -3.24. The Labute approximate surface area is 211 Å². The number of fused-ring (bicyclic) bond motifs is 1. The molecule has 9 nitrogen and oxygen atoms in total. The molecule has 2 amide bonds. The van der Waals surface area contributed by atoms with Crippen molar-refractivity contribution >= 4 is 32.7 Å². The van der Waals surface area contributed by atoms with E-state index in [4.69, 9.17) is 0 Å². The molecular formula is C26H33N5O4S. The molecule has 0 bridgehead atoms. The van der Waals surface area contributed by atoms with Crippen molar-refractivity contribution in [1.82, 2.24) is 25.1 Å². The number of hydrogen-bond donors (Lipinski definition) is 3. The van der Waals surface area contributed by atoms with Crippen molar-refractivity contribution in [3.63, 3.8) is 0 Å². The molecule has 0 saturated heterocycles. The molecule has 1 aliphatic rings. The second kappa shape index (κ2) is 10.4. The van der Waals surface area contributed by atoms with Crippen LogP contribution in [-0.2, 0) is 21.4 Å². The number of aromatic nitrogens is 2. The van der Waals surface area contributed by atoms with E-state index in [-0.39, 0.29) is 29.9 Å². The average molecular weight is 512 g/mol. The van der Waals surface area contributed by atoms with Crippen LogP contribution in [0, 0.1) is 5.41 Å². The molecule has 1 unspecified atom stereocenters. The highest BCUT2D eigenvalue weighted by molar-refractivity contribution is 7.90. The summed E-state index contributed by atoms with van der Waals surface area (Å²) in [7, 11) is -3.31. The third-order valence-electron chi connectivity index (χ3n) is 6.14. The Morgan fingerprint density at radius 3 is 2.36 bits per heavy atom. The van der Waals surface area contributed by atoms with Gasteiger partial charge < -0.3 is 10.6 Å². The summed E-state index contributed by atoms with van der Waals surface area (Å²) in [4.78, 5) is 26.4. The van der Waals surface area contributed by atoms with Crippen molar-refractivity contribution in [2.24, 2.45) is 5.41 Å². The highest BCUT2D eigenvalue weighted by Crippen LogP contribution is 2.27. The van der Waals surface area contributed by atoms with Crippen LogP contribution < -0.4 is 15.4 Å². The topological polar surface area (TPSA) is 122 Å². The lowest BCUT2D eigenvalue weighted by molar-refractivity contribution is -0.125. The van der Waals surface area contributed by atoms with Gasteiger partial charge in [-0.1, -0.05) is 69.3 Å². The molecule has 1 aromatic heterocycles. The Kier molecular flexibility index (Phi) is 7.46. The van der Waals surface area contributed by atoms with E-state index in [9.17, 15) is 18.0 Å². The van der Waals surface area contributed by atoms with Crippen LogP contribution in [0.15, 0.2) is 54.6 Å². The molecule has 0 spiro atoms. The quantitative estimate of drug-likeness (QED) is 0.361. The number of carbonyl (C=O) groups excluding carboxylic acids is 2. The summed E-state index contributed by atoms with van der Waals surface area (Å²) in [6.45, 7) is 6.32. The number of benzene rings is 2. The fourth-order valence-electron chi connectivity index (χ4n) is 4.02. The molecule has 1 saturated carbocycles. The third-order valence-corrected chi connectivity index (χ3v) is 8.10. The first-order valence-electron chi connectivity index (χ1n) is 12.1. The van der Waals surface area contributed by atoms with Gasteiger partial charge in [-0.05, 0) is 29.9 Å². The molecule has 4 rings (SSSR count). The van der Waals surface area contributed by atoms with E-state index < -0.39 is 27.4 Å². The van der Waals surface area contributed by atoms with Gasteiger partial charge in [-0.2, -0.15) is 5.10 Å². The van der Waals surface area contributed by atoms with E-state index >= 15 is 0 Å². The van der Waals surface area contributed by atoms with Crippen LogP contribution in [0.4, 0.5) is 0 Å². The van der Waals surface area contributed by atoms with Gasteiger partial charge in [0, 0.05) is 18.5 Å². The zero-order valence-corrected chi connectivity index (χ0v) is 21.6. The maximum absolute atomic E-state index is 13.4. The number of nitrogens with zero attached hydrogens (tertiary/aromatic N) is 2. The monoisotopic (exact) mass is 511 g/mol. The van der Waals surface area contributed by atoms with E-state index in [0.29, 0.717) is 24.8 Å². The lowest BCUT2D eigenvalue weighted by Crippen LogP contribution is -2.54. The first-order chi connectivity index (χ1) is 17.1. The summed E-state index contributed by atoms with van der Waals surface area (Å²) >= 11 is 0. The predicted octanol–water partition coefficient (Wildman–Crippen LogP) is 2.43. The number of sulfonamides is 1. The van der Waals surface area contributed by atoms with E-state index in [1.165, 1.54) is 0 Å².